The normalized spacial score (nSPS) is 14.4. The molecule has 4 rings (SSSR count). The van der Waals surface area contributed by atoms with Crippen molar-refractivity contribution in [2.24, 2.45) is 0 Å². The number of nitrogens with zero attached hydrogens (tertiary/aromatic N) is 5. The standard InChI is InChI=1S/C19H23N5/c1-2-23-11-10-17(21-23)15-22(18-8-9-18)13-16-12-20-24(14-16)19-6-4-3-5-7-19/h3-7,10-12,14,18H,2,8-9,13,15H2,1H3. The van der Waals surface area contributed by atoms with E-state index >= 15 is 0 Å². The van der Waals surface area contributed by atoms with Crippen LogP contribution in [-0.2, 0) is 19.6 Å². The van der Waals surface area contributed by atoms with E-state index in [1.54, 1.807) is 0 Å². The van der Waals surface area contributed by atoms with E-state index in [0.29, 0.717) is 6.04 Å². The highest BCUT2D eigenvalue weighted by molar-refractivity contribution is 5.30. The predicted molar refractivity (Wildman–Crippen MR) is 93.7 cm³/mol. The summed E-state index contributed by atoms with van der Waals surface area (Å²) in [5.74, 6) is 0. The maximum Gasteiger partial charge on any atom is 0.0765 e. The van der Waals surface area contributed by atoms with Gasteiger partial charge in [0.05, 0.1) is 17.6 Å². The van der Waals surface area contributed by atoms with Crippen LogP contribution < -0.4 is 0 Å². The van der Waals surface area contributed by atoms with Crippen LogP contribution in [0.3, 0.4) is 0 Å². The molecule has 0 aliphatic heterocycles. The molecule has 1 fully saturated rings. The number of hydrogen-bond acceptors (Lipinski definition) is 3. The molecule has 24 heavy (non-hydrogen) atoms. The Morgan fingerprint density at radius 1 is 1.12 bits per heavy atom. The van der Waals surface area contributed by atoms with Crippen LogP contribution in [0.4, 0.5) is 0 Å². The van der Waals surface area contributed by atoms with Crippen molar-refractivity contribution in [3.63, 3.8) is 0 Å². The van der Waals surface area contributed by atoms with E-state index in [9.17, 15) is 0 Å². The van der Waals surface area contributed by atoms with Gasteiger partial charge in [-0.2, -0.15) is 10.2 Å². The number of aromatic nitrogens is 4. The van der Waals surface area contributed by atoms with E-state index in [4.69, 9.17) is 0 Å². The monoisotopic (exact) mass is 321 g/mol. The fourth-order valence-corrected chi connectivity index (χ4v) is 3.02. The molecule has 0 spiro atoms. The Hall–Kier alpha value is -2.40. The van der Waals surface area contributed by atoms with Crippen LogP contribution in [0, 0.1) is 0 Å². The fourth-order valence-electron chi connectivity index (χ4n) is 3.02. The quantitative estimate of drug-likeness (QED) is 0.670. The molecule has 1 aliphatic rings. The SMILES string of the molecule is CCn1ccc(CN(Cc2cnn(-c3ccccc3)c2)C2CC2)n1. The van der Waals surface area contributed by atoms with Gasteiger partial charge >= 0.3 is 0 Å². The summed E-state index contributed by atoms with van der Waals surface area (Å²) >= 11 is 0. The van der Waals surface area contributed by atoms with Crippen molar-refractivity contribution in [3.8, 4) is 5.69 Å². The first-order chi connectivity index (χ1) is 11.8. The Morgan fingerprint density at radius 3 is 2.67 bits per heavy atom. The highest BCUT2D eigenvalue weighted by Gasteiger charge is 2.29. The zero-order valence-corrected chi connectivity index (χ0v) is 14.0. The van der Waals surface area contributed by atoms with Gasteiger partial charge in [0.15, 0.2) is 0 Å². The topological polar surface area (TPSA) is 38.9 Å². The molecule has 0 amide bonds. The van der Waals surface area contributed by atoms with Crippen LogP contribution in [0.25, 0.3) is 5.69 Å². The molecule has 5 heteroatoms. The molecule has 0 bridgehead atoms. The number of hydrogen-bond donors (Lipinski definition) is 0. The van der Waals surface area contributed by atoms with Crippen LogP contribution in [0.1, 0.15) is 31.0 Å². The van der Waals surface area contributed by atoms with Crippen molar-refractivity contribution < 1.29 is 0 Å². The molecule has 2 aromatic heterocycles. The Morgan fingerprint density at radius 2 is 1.96 bits per heavy atom. The second-order valence-corrected chi connectivity index (χ2v) is 6.43. The van der Waals surface area contributed by atoms with E-state index in [1.165, 1.54) is 18.4 Å². The summed E-state index contributed by atoms with van der Waals surface area (Å²) in [4.78, 5) is 2.52. The second kappa shape index (κ2) is 6.61. The number of para-hydroxylation sites is 1. The minimum Gasteiger partial charge on any atom is -0.290 e. The fraction of sp³-hybridized carbons (Fsp3) is 0.368. The molecule has 0 atom stereocenters. The first-order valence-corrected chi connectivity index (χ1v) is 8.67. The minimum atomic E-state index is 0.692. The van der Waals surface area contributed by atoms with Gasteiger partial charge < -0.3 is 0 Å². The van der Waals surface area contributed by atoms with Crippen LogP contribution >= 0.6 is 0 Å². The Balaban J connectivity index is 1.46. The van der Waals surface area contributed by atoms with E-state index in [0.717, 1.165) is 31.0 Å². The van der Waals surface area contributed by atoms with Crippen LogP contribution in [0.5, 0.6) is 0 Å². The van der Waals surface area contributed by atoms with E-state index in [1.807, 2.05) is 33.8 Å². The smallest absolute Gasteiger partial charge is 0.0765 e. The molecule has 0 unspecified atom stereocenters. The third-order valence-electron chi connectivity index (χ3n) is 4.49. The van der Waals surface area contributed by atoms with E-state index in [2.05, 4.69) is 52.6 Å². The Labute approximate surface area is 142 Å². The molecular formula is C19H23N5. The molecule has 1 saturated carbocycles. The summed E-state index contributed by atoms with van der Waals surface area (Å²) in [7, 11) is 0. The van der Waals surface area contributed by atoms with E-state index in [-0.39, 0.29) is 0 Å². The average molecular weight is 321 g/mol. The summed E-state index contributed by atoms with van der Waals surface area (Å²) in [6.07, 6.45) is 8.76. The largest absolute Gasteiger partial charge is 0.290 e. The summed E-state index contributed by atoms with van der Waals surface area (Å²) in [6.45, 7) is 4.88. The molecule has 124 valence electrons. The van der Waals surface area contributed by atoms with Gasteiger partial charge in [-0.25, -0.2) is 4.68 Å². The summed E-state index contributed by atoms with van der Waals surface area (Å²) in [5, 5.41) is 9.14. The zero-order chi connectivity index (χ0) is 16.4. The molecule has 3 aromatic rings. The van der Waals surface area contributed by atoms with Gasteiger partial charge in [-0.05, 0) is 38.0 Å². The highest BCUT2D eigenvalue weighted by Crippen LogP contribution is 2.29. The molecule has 0 radical (unpaired) electrons. The molecule has 5 nitrogen and oxygen atoms in total. The lowest BCUT2D eigenvalue weighted by molar-refractivity contribution is 0.242. The van der Waals surface area contributed by atoms with Crippen molar-refractivity contribution in [1.82, 2.24) is 24.5 Å². The van der Waals surface area contributed by atoms with Crippen LogP contribution in [-0.4, -0.2) is 30.5 Å². The summed E-state index contributed by atoms with van der Waals surface area (Å²) in [6, 6.07) is 13.1. The van der Waals surface area contributed by atoms with Crippen molar-refractivity contribution in [3.05, 3.63) is 66.2 Å². The van der Waals surface area contributed by atoms with Gasteiger partial charge in [-0.1, -0.05) is 18.2 Å². The Bertz CT molecular complexity index is 785. The lowest BCUT2D eigenvalue weighted by Gasteiger charge is -2.20. The van der Waals surface area contributed by atoms with Gasteiger partial charge in [0.2, 0.25) is 0 Å². The summed E-state index contributed by atoms with van der Waals surface area (Å²) < 4.78 is 3.94. The second-order valence-electron chi connectivity index (χ2n) is 6.43. The lowest BCUT2D eigenvalue weighted by Crippen LogP contribution is -2.25. The van der Waals surface area contributed by atoms with Gasteiger partial charge in [-0.3, -0.25) is 9.58 Å². The molecule has 2 heterocycles. The summed E-state index contributed by atoms with van der Waals surface area (Å²) in [5.41, 5.74) is 3.50. The molecule has 0 N–H and O–H groups in total. The molecular weight excluding hydrogens is 298 g/mol. The third-order valence-corrected chi connectivity index (χ3v) is 4.49. The zero-order valence-electron chi connectivity index (χ0n) is 14.0. The Kier molecular flexibility index (Phi) is 4.17. The first-order valence-electron chi connectivity index (χ1n) is 8.67. The molecule has 0 saturated heterocycles. The van der Waals surface area contributed by atoms with Gasteiger partial charge in [0.25, 0.3) is 0 Å². The van der Waals surface area contributed by atoms with Crippen LogP contribution in [0.2, 0.25) is 0 Å². The minimum absolute atomic E-state index is 0.692. The average Bonchev–Trinajstić information content (AvgIpc) is 3.19. The molecule has 1 aromatic carbocycles. The molecule has 1 aliphatic carbocycles. The van der Waals surface area contributed by atoms with E-state index < -0.39 is 0 Å². The van der Waals surface area contributed by atoms with Gasteiger partial charge in [0, 0.05) is 43.6 Å². The van der Waals surface area contributed by atoms with Crippen LogP contribution in [0.15, 0.2) is 55.0 Å². The lowest BCUT2D eigenvalue weighted by atomic mass is 10.3. The highest BCUT2D eigenvalue weighted by atomic mass is 15.3. The maximum atomic E-state index is 4.63. The van der Waals surface area contributed by atoms with Gasteiger partial charge in [-0.15, -0.1) is 0 Å². The third kappa shape index (κ3) is 3.41. The number of rotatable bonds is 7. The predicted octanol–water partition coefficient (Wildman–Crippen LogP) is 3.25. The first kappa shape index (κ1) is 15.1. The van der Waals surface area contributed by atoms with Gasteiger partial charge in [0.1, 0.15) is 0 Å². The number of benzene rings is 1. The van der Waals surface area contributed by atoms with Crippen molar-refractivity contribution >= 4 is 0 Å². The van der Waals surface area contributed by atoms with Crippen molar-refractivity contribution in [1.29, 1.82) is 0 Å². The maximum absolute atomic E-state index is 4.63. The van der Waals surface area contributed by atoms with Crippen molar-refractivity contribution in [2.75, 3.05) is 0 Å². The van der Waals surface area contributed by atoms with Crippen molar-refractivity contribution in [2.45, 2.75) is 45.4 Å². The number of aryl methyl sites for hydroxylation is 1.